The van der Waals surface area contributed by atoms with Crippen LogP contribution in [0.1, 0.15) is 16.7 Å². The first-order valence-corrected chi connectivity index (χ1v) is 12.2. The van der Waals surface area contributed by atoms with Gasteiger partial charge < -0.3 is 14.8 Å². The minimum atomic E-state index is -0.392. The van der Waals surface area contributed by atoms with Gasteiger partial charge in [-0.15, -0.1) is 0 Å². The van der Waals surface area contributed by atoms with Gasteiger partial charge in [0.1, 0.15) is 5.82 Å². The molecule has 0 bridgehead atoms. The second-order valence-electron chi connectivity index (χ2n) is 8.12. The molecule has 3 aromatic rings. The summed E-state index contributed by atoms with van der Waals surface area (Å²) in [6.07, 6.45) is 1.70. The van der Waals surface area contributed by atoms with Gasteiger partial charge >= 0.3 is 0 Å². The highest BCUT2D eigenvalue weighted by Crippen LogP contribution is 2.37. The lowest BCUT2D eigenvalue weighted by Gasteiger charge is -2.14. The number of methoxy groups -OCH3 is 1. The number of benzene rings is 3. The highest BCUT2D eigenvalue weighted by atomic mass is 32.2. The number of carbonyl (C=O) groups is 2. The fraction of sp³-hybridized carbons (Fsp3) is 0.148. The molecule has 184 valence electrons. The molecule has 9 heteroatoms. The predicted octanol–water partition coefficient (Wildman–Crippen LogP) is 5.87. The van der Waals surface area contributed by atoms with Crippen LogP contribution in [0.3, 0.4) is 0 Å². The summed E-state index contributed by atoms with van der Waals surface area (Å²) in [5, 5.41) is 2.83. The molecule has 1 heterocycles. The van der Waals surface area contributed by atoms with E-state index in [9.17, 15) is 14.0 Å². The summed E-state index contributed by atoms with van der Waals surface area (Å²) >= 11 is 6.53. The molecule has 3 aromatic carbocycles. The van der Waals surface area contributed by atoms with Gasteiger partial charge in [-0.1, -0.05) is 36.1 Å². The van der Waals surface area contributed by atoms with Gasteiger partial charge in [-0.05, 0) is 85.1 Å². The van der Waals surface area contributed by atoms with Gasteiger partial charge in [0.15, 0.2) is 22.4 Å². The molecule has 6 nitrogen and oxygen atoms in total. The van der Waals surface area contributed by atoms with Crippen LogP contribution in [0, 0.1) is 19.7 Å². The number of anilines is 2. The molecule has 0 radical (unpaired) electrons. The minimum absolute atomic E-state index is 0.195. The monoisotopic (exact) mass is 522 g/mol. The number of amides is 2. The Balaban J connectivity index is 1.45. The van der Waals surface area contributed by atoms with Crippen LogP contribution in [-0.4, -0.2) is 29.9 Å². The van der Waals surface area contributed by atoms with Gasteiger partial charge in [-0.3, -0.25) is 14.5 Å². The van der Waals surface area contributed by atoms with Gasteiger partial charge in [0.2, 0.25) is 0 Å². The van der Waals surface area contributed by atoms with Crippen LogP contribution in [-0.2, 0) is 9.59 Å². The first-order chi connectivity index (χ1) is 17.2. The number of rotatable bonds is 7. The van der Waals surface area contributed by atoms with Crippen LogP contribution >= 0.6 is 24.0 Å². The van der Waals surface area contributed by atoms with Crippen molar-refractivity contribution in [1.29, 1.82) is 0 Å². The van der Waals surface area contributed by atoms with Gasteiger partial charge in [0.05, 0.1) is 17.7 Å². The van der Waals surface area contributed by atoms with Crippen LogP contribution in [0.4, 0.5) is 15.8 Å². The topological polar surface area (TPSA) is 67.9 Å². The second-order valence-corrected chi connectivity index (χ2v) is 9.79. The molecule has 0 saturated carbocycles. The van der Waals surface area contributed by atoms with Gasteiger partial charge in [-0.2, -0.15) is 0 Å². The third kappa shape index (κ3) is 5.92. The van der Waals surface area contributed by atoms with Crippen molar-refractivity contribution in [2.75, 3.05) is 23.9 Å². The standard InChI is InChI=1S/C27H23FN2O4S2/c1-16-10-17(2)12-20(11-16)29-25(31)15-34-22-9-4-18(13-23(22)33-3)14-24-26(32)30(27(35)36-24)21-7-5-19(28)6-8-21/h4-14H,15H2,1-3H3,(H,29,31)/b24-14-. The Kier molecular flexibility index (Phi) is 7.71. The lowest BCUT2D eigenvalue weighted by atomic mass is 10.1. The average molecular weight is 523 g/mol. The highest BCUT2D eigenvalue weighted by molar-refractivity contribution is 8.27. The van der Waals surface area contributed by atoms with Gasteiger partial charge in [-0.25, -0.2) is 4.39 Å². The molecule has 2 amide bonds. The molecule has 0 aliphatic carbocycles. The van der Waals surface area contributed by atoms with E-state index in [2.05, 4.69) is 5.32 Å². The van der Waals surface area contributed by atoms with Crippen molar-refractivity contribution in [3.05, 3.63) is 88.1 Å². The number of halogens is 1. The van der Waals surface area contributed by atoms with Crippen molar-refractivity contribution in [1.82, 2.24) is 0 Å². The zero-order valence-electron chi connectivity index (χ0n) is 19.8. The van der Waals surface area contributed by atoms with E-state index in [1.165, 1.54) is 36.3 Å². The summed E-state index contributed by atoms with van der Waals surface area (Å²) in [7, 11) is 1.50. The van der Waals surface area contributed by atoms with Gasteiger partial charge in [0, 0.05) is 5.69 Å². The third-order valence-corrected chi connectivity index (χ3v) is 6.53. The van der Waals surface area contributed by atoms with Crippen LogP contribution in [0.2, 0.25) is 0 Å². The maximum Gasteiger partial charge on any atom is 0.270 e. The van der Waals surface area contributed by atoms with Crippen molar-refractivity contribution in [2.45, 2.75) is 13.8 Å². The summed E-state index contributed by atoms with van der Waals surface area (Å²) < 4.78 is 24.7. The van der Waals surface area contributed by atoms with Crippen LogP contribution in [0.5, 0.6) is 11.5 Å². The van der Waals surface area contributed by atoms with E-state index in [4.69, 9.17) is 21.7 Å². The van der Waals surface area contributed by atoms with Crippen LogP contribution in [0.25, 0.3) is 6.08 Å². The maximum absolute atomic E-state index is 13.3. The fourth-order valence-electron chi connectivity index (χ4n) is 3.71. The first kappa shape index (κ1) is 25.4. The molecule has 1 aliphatic rings. The Morgan fingerprint density at radius 3 is 2.42 bits per heavy atom. The molecule has 4 rings (SSSR count). The summed E-state index contributed by atoms with van der Waals surface area (Å²) in [4.78, 5) is 27.1. The number of nitrogens with zero attached hydrogens (tertiary/aromatic N) is 1. The Bertz CT molecular complexity index is 1350. The molecular formula is C27H23FN2O4S2. The first-order valence-electron chi connectivity index (χ1n) is 11.0. The minimum Gasteiger partial charge on any atom is -0.493 e. The number of ether oxygens (including phenoxy) is 2. The Labute approximate surface area is 218 Å². The predicted molar refractivity (Wildman–Crippen MR) is 145 cm³/mol. The van der Waals surface area contributed by atoms with Crippen molar-refractivity contribution in [3.63, 3.8) is 0 Å². The summed E-state index contributed by atoms with van der Waals surface area (Å²) in [5.41, 5.74) is 4.01. The number of hydrogen-bond donors (Lipinski definition) is 1. The van der Waals surface area contributed by atoms with Gasteiger partial charge in [0.25, 0.3) is 11.8 Å². The Morgan fingerprint density at radius 2 is 1.75 bits per heavy atom. The highest BCUT2D eigenvalue weighted by Gasteiger charge is 2.33. The largest absolute Gasteiger partial charge is 0.493 e. The smallest absolute Gasteiger partial charge is 0.270 e. The molecule has 1 N–H and O–H groups in total. The molecule has 1 saturated heterocycles. The molecule has 1 fully saturated rings. The average Bonchev–Trinajstić information content (AvgIpc) is 3.10. The van der Waals surface area contributed by atoms with Crippen molar-refractivity contribution in [3.8, 4) is 11.5 Å². The number of nitrogens with one attached hydrogen (secondary N) is 1. The fourth-order valence-corrected chi connectivity index (χ4v) is 5.01. The molecule has 0 aromatic heterocycles. The Morgan fingerprint density at radius 1 is 1.06 bits per heavy atom. The molecule has 1 aliphatic heterocycles. The van der Waals surface area contributed by atoms with Crippen LogP contribution < -0.4 is 19.7 Å². The van der Waals surface area contributed by atoms with E-state index in [0.717, 1.165) is 22.9 Å². The van der Waals surface area contributed by atoms with Crippen molar-refractivity contribution >= 4 is 57.6 Å². The van der Waals surface area contributed by atoms with E-state index in [0.29, 0.717) is 37.7 Å². The number of hydrogen-bond acceptors (Lipinski definition) is 6. The van der Waals surface area contributed by atoms with E-state index < -0.39 is 5.82 Å². The Hall–Kier alpha value is -3.69. The van der Waals surface area contributed by atoms with Crippen LogP contribution in [0.15, 0.2) is 65.6 Å². The molecule has 36 heavy (non-hydrogen) atoms. The molecule has 0 unspecified atom stereocenters. The number of thiocarbonyl (C=S) groups is 1. The summed E-state index contributed by atoms with van der Waals surface area (Å²) in [5.74, 6) is -0.174. The normalized spacial score (nSPS) is 14.3. The molecule has 0 spiro atoms. The lowest BCUT2D eigenvalue weighted by Crippen LogP contribution is -2.27. The lowest BCUT2D eigenvalue weighted by molar-refractivity contribution is -0.118. The number of thioether (sulfide) groups is 1. The van der Waals surface area contributed by atoms with Crippen molar-refractivity contribution < 1.29 is 23.5 Å². The zero-order chi connectivity index (χ0) is 25.8. The van der Waals surface area contributed by atoms with E-state index in [1.54, 1.807) is 24.3 Å². The third-order valence-electron chi connectivity index (χ3n) is 5.23. The second kappa shape index (κ2) is 10.9. The summed E-state index contributed by atoms with van der Waals surface area (Å²) in [6, 6.07) is 16.5. The molecular weight excluding hydrogens is 499 g/mol. The molecule has 0 atom stereocenters. The zero-order valence-corrected chi connectivity index (χ0v) is 21.5. The quantitative estimate of drug-likeness (QED) is 0.309. The van der Waals surface area contributed by atoms with E-state index in [-0.39, 0.29) is 18.4 Å². The number of aryl methyl sites for hydroxylation is 2. The van der Waals surface area contributed by atoms with E-state index >= 15 is 0 Å². The maximum atomic E-state index is 13.3. The number of carbonyl (C=O) groups excluding carboxylic acids is 2. The van der Waals surface area contributed by atoms with E-state index in [1.807, 2.05) is 32.0 Å². The SMILES string of the molecule is COc1cc(/C=C2\SC(=S)N(c3ccc(F)cc3)C2=O)ccc1OCC(=O)Nc1cc(C)cc(C)c1. The van der Waals surface area contributed by atoms with Crippen molar-refractivity contribution in [2.24, 2.45) is 0 Å². The summed E-state index contributed by atoms with van der Waals surface area (Å²) in [6.45, 7) is 3.73.